The van der Waals surface area contributed by atoms with E-state index < -0.39 is 0 Å². The lowest BCUT2D eigenvalue weighted by atomic mass is 10.1. The first kappa shape index (κ1) is 21.3. The Labute approximate surface area is 181 Å². The molecule has 0 atom stereocenters. The van der Waals surface area contributed by atoms with E-state index in [2.05, 4.69) is 24.1 Å². The number of rotatable bonds is 10. The maximum Gasteiger partial charge on any atom is 0.177 e. The van der Waals surface area contributed by atoms with Gasteiger partial charge in [-0.3, -0.25) is 0 Å². The fraction of sp³-hybridized carbons (Fsp3) is 0.375. The van der Waals surface area contributed by atoms with Gasteiger partial charge in [-0.05, 0) is 55.9 Å². The highest BCUT2D eigenvalue weighted by Gasteiger charge is 2.17. The van der Waals surface area contributed by atoms with E-state index in [1.165, 1.54) is 12.1 Å². The van der Waals surface area contributed by atoms with Gasteiger partial charge in [-0.1, -0.05) is 13.8 Å². The van der Waals surface area contributed by atoms with Gasteiger partial charge in [0, 0.05) is 30.4 Å². The molecule has 0 fully saturated rings. The molecule has 0 radical (unpaired) electrons. The van der Waals surface area contributed by atoms with Crippen molar-refractivity contribution in [1.29, 1.82) is 0 Å². The number of nitrogens with zero attached hydrogens (tertiary/aromatic N) is 2. The Morgan fingerprint density at radius 2 is 1.97 bits per heavy atom. The summed E-state index contributed by atoms with van der Waals surface area (Å²) in [5.74, 6) is 0.466. The summed E-state index contributed by atoms with van der Waals surface area (Å²) in [5.41, 5.74) is 9.15. The predicted octanol–water partition coefficient (Wildman–Crippen LogP) is 4.75. The summed E-state index contributed by atoms with van der Waals surface area (Å²) >= 11 is 0. The predicted molar refractivity (Wildman–Crippen MR) is 124 cm³/mol. The molecular weight excluding hydrogens is 395 g/mol. The molecule has 31 heavy (non-hydrogen) atoms. The number of hydrogen-bond donors (Lipinski definition) is 2. The number of benzene rings is 2. The zero-order valence-electron chi connectivity index (χ0n) is 18.1. The lowest BCUT2D eigenvalue weighted by molar-refractivity contribution is 0.249. The fourth-order valence-electron chi connectivity index (χ4n) is 3.87. The number of anilines is 1. The zero-order valence-corrected chi connectivity index (χ0v) is 18.1. The second kappa shape index (κ2) is 9.49. The van der Waals surface area contributed by atoms with E-state index >= 15 is 0 Å². The Hall–Kier alpha value is -2.90. The molecule has 0 spiro atoms. The molecule has 2 heterocycles. The van der Waals surface area contributed by atoms with Crippen molar-refractivity contribution in [3.05, 3.63) is 42.2 Å². The fourth-order valence-corrected chi connectivity index (χ4v) is 3.87. The number of furan rings is 1. The minimum absolute atomic E-state index is 0.318. The Morgan fingerprint density at radius 3 is 2.74 bits per heavy atom. The molecule has 0 saturated carbocycles. The lowest BCUT2D eigenvalue weighted by Gasteiger charge is -2.17. The number of halogens is 1. The minimum atomic E-state index is -0.318. The van der Waals surface area contributed by atoms with Crippen molar-refractivity contribution >= 4 is 38.7 Å². The molecular formula is C24H29FN4O2. The van der Waals surface area contributed by atoms with Gasteiger partial charge in [-0.2, -0.15) is 0 Å². The highest BCUT2D eigenvalue weighted by atomic mass is 19.1. The maximum absolute atomic E-state index is 13.8. The Kier molecular flexibility index (Phi) is 6.53. The molecule has 0 amide bonds. The van der Waals surface area contributed by atoms with E-state index in [9.17, 15) is 4.39 Å². The summed E-state index contributed by atoms with van der Waals surface area (Å²) in [5, 5.41) is 4.91. The van der Waals surface area contributed by atoms with E-state index in [0.29, 0.717) is 41.8 Å². The van der Waals surface area contributed by atoms with E-state index in [-0.39, 0.29) is 5.82 Å². The van der Waals surface area contributed by atoms with Crippen LogP contribution in [-0.2, 0) is 0 Å². The van der Waals surface area contributed by atoms with E-state index in [1.807, 2.05) is 18.2 Å². The monoisotopic (exact) mass is 424 g/mol. The topological polar surface area (TPSA) is 76.5 Å². The van der Waals surface area contributed by atoms with Gasteiger partial charge in [-0.15, -0.1) is 0 Å². The Bertz CT molecular complexity index is 1190. The van der Waals surface area contributed by atoms with E-state index in [4.69, 9.17) is 19.9 Å². The van der Waals surface area contributed by atoms with Crippen molar-refractivity contribution in [2.45, 2.75) is 20.3 Å². The molecule has 0 bridgehead atoms. The van der Waals surface area contributed by atoms with Crippen LogP contribution in [0.25, 0.3) is 33.0 Å². The molecule has 0 unspecified atom stereocenters. The van der Waals surface area contributed by atoms with Crippen molar-refractivity contribution < 1.29 is 13.5 Å². The molecule has 2 aromatic heterocycles. The first-order chi connectivity index (χ1) is 15.1. The average molecular weight is 425 g/mol. The number of nitrogens with one attached hydrogen (secondary N) is 1. The van der Waals surface area contributed by atoms with Crippen LogP contribution in [0.2, 0.25) is 0 Å². The van der Waals surface area contributed by atoms with Crippen LogP contribution in [0.1, 0.15) is 20.3 Å². The number of aromatic nitrogens is 1. The molecule has 4 rings (SSSR count). The molecule has 0 aliphatic heterocycles. The van der Waals surface area contributed by atoms with Crippen molar-refractivity contribution in [2.75, 3.05) is 44.6 Å². The second-order valence-electron chi connectivity index (χ2n) is 7.53. The van der Waals surface area contributed by atoms with Crippen LogP contribution in [-0.4, -0.2) is 49.2 Å². The Balaban J connectivity index is 1.70. The van der Waals surface area contributed by atoms with Gasteiger partial charge >= 0.3 is 0 Å². The quantitative estimate of drug-likeness (QED) is 0.358. The second-order valence-corrected chi connectivity index (χ2v) is 7.53. The zero-order chi connectivity index (χ0) is 21.8. The molecule has 0 saturated heterocycles. The van der Waals surface area contributed by atoms with Crippen molar-refractivity contribution in [3.63, 3.8) is 0 Å². The number of fused-ring (bicyclic) bond motifs is 4. The van der Waals surface area contributed by atoms with Crippen LogP contribution in [0, 0.1) is 5.82 Å². The van der Waals surface area contributed by atoms with E-state index in [0.717, 1.165) is 48.4 Å². The normalized spacial score (nSPS) is 11.8. The number of nitrogens with two attached hydrogens (primary N) is 1. The smallest absolute Gasteiger partial charge is 0.177 e. The molecule has 164 valence electrons. The summed E-state index contributed by atoms with van der Waals surface area (Å²) in [6, 6.07) is 10.3. The molecule has 7 heteroatoms. The van der Waals surface area contributed by atoms with E-state index in [1.54, 1.807) is 6.07 Å². The lowest BCUT2D eigenvalue weighted by Crippen LogP contribution is -2.25. The van der Waals surface area contributed by atoms with Gasteiger partial charge < -0.3 is 25.1 Å². The van der Waals surface area contributed by atoms with Crippen LogP contribution < -0.4 is 15.8 Å². The molecule has 2 aromatic carbocycles. The summed E-state index contributed by atoms with van der Waals surface area (Å²) in [6.45, 7) is 9.15. The number of ether oxygens (including phenoxy) is 1. The molecule has 3 N–H and O–H groups in total. The van der Waals surface area contributed by atoms with Crippen LogP contribution in [0.4, 0.5) is 10.1 Å². The first-order valence-corrected chi connectivity index (χ1v) is 10.9. The number of hydrogen-bond acceptors (Lipinski definition) is 6. The van der Waals surface area contributed by atoms with Crippen LogP contribution in [0.15, 0.2) is 40.8 Å². The van der Waals surface area contributed by atoms with Crippen molar-refractivity contribution in [3.8, 4) is 5.75 Å². The van der Waals surface area contributed by atoms with Crippen molar-refractivity contribution in [2.24, 2.45) is 5.73 Å². The highest BCUT2D eigenvalue weighted by molar-refractivity contribution is 6.14. The summed E-state index contributed by atoms with van der Waals surface area (Å²) in [6.07, 6.45) is 0.963. The maximum atomic E-state index is 13.8. The van der Waals surface area contributed by atoms with Crippen molar-refractivity contribution in [1.82, 2.24) is 9.88 Å². The van der Waals surface area contributed by atoms with Crippen LogP contribution in [0.5, 0.6) is 5.75 Å². The third-order valence-electron chi connectivity index (χ3n) is 5.55. The molecule has 0 aliphatic carbocycles. The third-order valence-corrected chi connectivity index (χ3v) is 5.55. The van der Waals surface area contributed by atoms with Crippen LogP contribution in [0.3, 0.4) is 0 Å². The Morgan fingerprint density at radius 1 is 1.13 bits per heavy atom. The molecule has 0 aliphatic rings. The minimum Gasteiger partial charge on any atom is -0.494 e. The summed E-state index contributed by atoms with van der Waals surface area (Å²) in [7, 11) is 0. The van der Waals surface area contributed by atoms with Gasteiger partial charge in [-0.25, -0.2) is 9.37 Å². The largest absolute Gasteiger partial charge is 0.494 e. The molecule has 4 aromatic rings. The van der Waals surface area contributed by atoms with Gasteiger partial charge in [0.2, 0.25) is 0 Å². The summed E-state index contributed by atoms with van der Waals surface area (Å²) in [4.78, 5) is 7.14. The SMILES string of the molecule is CCN(CC)CCCOc1ccc2nc3c(oc4ccc(F)cc43)c(NCCN)c2c1. The first-order valence-electron chi connectivity index (χ1n) is 10.9. The molecule has 6 nitrogen and oxygen atoms in total. The van der Waals surface area contributed by atoms with Crippen LogP contribution >= 0.6 is 0 Å². The summed E-state index contributed by atoms with van der Waals surface area (Å²) < 4.78 is 25.9. The van der Waals surface area contributed by atoms with Gasteiger partial charge in [0.1, 0.15) is 22.7 Å². The third kappa shape index (κ3) is 4.43. The average Bonchev–Trinajstić information content (AvgIpc) is 3.14. The van der Waals surface area contributed by atoms with Gasteiger partial charge in [0.15, 0.2) is 5.58 Å². The highest BCUT2D eigenvalue weighted by Crippen LogP contribution is 2.38. The number of pyridine rings is 1. The standard InChI is InChI=1S/C24H29FN4O2/c1-3-29(4-2)12-5-13-30-17-7-8-20-18(15-17)22(27-11-10-26)24-23(28-20)19-14-16(25)6-9-21(19)31-24/h6-9,14-15H,3-5,10-13,26H2,1-2H3,(H,27,28). The van der Waals surface area contributed by atoms with Gasteiger partial charge in [0.25, 0.3) is 0 Å². The van der Waals surface area contributed by atoms with Gasteiger partial charge in [0.05, 0.1) is 17.8 Å².